The molecule has 2 rings (SSSR count). The molecular weight excluding hydrogens is 266 g/mol. The van der Waals surface area contributed by atoms with Crippen molar-refractivity contribution < 1.29 is 4.74 Å². The Morgan fingerprint density at radius 1 is 1.10 bits per heavy atom. The molecule has 0 saturated heterocycles. The fraction of sp³-hybridized carbons (Fsp3) is 0.467. The third kappa shape index (κ3) is 3.72. The molecule has 2 heterocycles. The van der Waals surface area contributed by atoms with Gasteiger partial charge in [0.05, 0.1) is 7.11 Å². The van der Waals surface area contributed by atoms with Gasteiger partial charge in [-0.05, 0) is 45.0 Å². The van der Waals surface area contributed by atoms with E-state index in [1.165, 1.54) is 5.56 Å². The minimum Gasteiger partial charge on any atom is -0.480 e. The highest BCUT2D eigenvalue weighted by molar-refractivity contribution is 5.50. The fourth-order valence-corrected chi connectivity index (χ4v) is 2.15. The molecule has 21 heavy (non-hydrogen) atoms. The summed E-state index contributed by atoms with van der Waals surface area (Å²) in [5, 5.41) is 11.4. The average Bonchev–Trinajstić information content (AvgIpc) is 2.50. The van der Waals surface area contributed by atoms with Gasteiger partial charge in [-0.3, -0.25) is 0 Å². The lowest BCUT2D eigenvalue weighted by atomic mass is 10.1. The van der Waals surface area contributed by atoms with Crippen LogP contribution in [-0.2, 0) is 6.42 Å². The van der Waals surface area contributed by atoms with Crippen LogP contribution in [0.2, 0.25) is 0 Å². The predicted octanol–water partition coefficient (Wildman–Crippen LogP) is 1.71. The van der Waals surface area contributed by atoms with E-state index in [4.69, 9.17) is 4.74 Å². The van der Waals surface area contributed by atoms with Crippen molar-refractivity contribution in [1.29, 1.82) is 0 Å². The molecule has 0 aliphatic heterocycles. The summed E-state index contributed by atoms with van der Waals surface area (Å²) < 4.78 is 5.01. The Kier molecular flexibility index (Phi) is 5.16. The van der Waals surface area contributed by atoms with Gasteiger partial charge in [-0.25, -0.2) is 9.97 Å². The number of ether oxygens (including phenoxy) is 1. The maximum atomic E-state index is 5.01. The maximum Gasteiger partial charge on any atom is 0.233 e. The number of nitrogens with one attached hydrogen (secondary N) is 1. The van der Waals surface area contributed by atoms with Gasteiger partial charge in [0, 0.05) is 17.5 Å². The highest BCUT2D eigenvalue weighted by atomic mass is 16.5. The maximum absolute atomic E-state index is 5.01. The molecule has 6 heteroatoms. The first-order valence-corrected chi connectivity index (χ1v) is 7.08. The molecule has 0 unspecified atom stereocenters. The number of aromatic nitrogens is 4. The second-order valence-corrected chi connectivity index (χ2v) is 4.76. The summed E-state index contributed by atoms with van der Waals surface area (Å²) in [7, 11) is 1.56. The van der Waals surface area contributed by atoms with E-state index in [2.05, 4.69) is 32.4 Å². The van der Waals surface area contributed by atoms with E-state index in [-0.39, 0.29) is 0 Å². The molecule has 0 bridgehead atoms. The SMILES string of the molecule is CCNCCc1c(C)nc(-c2ccc(OC)nn2)nc1C. The van der Waals surface area contributed by atoms with Crippen LogP contribution in [0.1, 0.15) is 23.9 Å². The van der Waals surface area contributed by atoms with Gasteiger partial charge in [0.25, 0.3) is 0 Å². The molecule has 0 fully saturated rings. The van der Waals surface area contributed by atoms with Crippen molar-refractivity contribution in [3.8, 4) is 17.4 Å². The van der Waals surface area contributed by atoms with Gasteiger partial charge >= 0.3 is 0 Å². The van der Waals surface area contributed by atoms with Crippen molar-refractivity contribution in [3.05, 3.63) is 29.1 Å². The van der Waals surface area contributed by atoms with Crippen molar-refractivity contribution in [2.24, 2.45) is 0 Å². The van der Waals surface area contributed by atoms with E-state index in [1.807, 2.05) is 19.9 Å². The van der Waals surface area contributed by atoms with E-state index in [9.17, 15) is 0 Å². The third-order valence-corrected chi connectivity index (χ3v) is 3.30. The zero-order valence-electron chi connectivity index (χ0n) is 13.0. The van der Waals surface area contributed by atoms with Crippen molar-refractivity contribution in [2.75, 3.05) is 20.2 Å². The smallest absolute Gasteiger partial charge is 0.233 e. The lowest BCUT2D eigenvalue weighted by molar-refractivity contribution is 0.392. The van der Waals surface area contributed by atoms with Gasteiger partial charge in [-0.1, -0.05) is 6.92 Å². The lowest BCUT2D eigenvalue weighted by Gasteiger charge is -2.10. The average molecular weight is 287 g/mol. The van der Waals surface area contributed by atoms with Gasteiger partial charge < -0.3 is 10.1 Å². The monoisotopic (exact) mass is 287 g/mol. The summed E-state index contributed by atoms with van der Waals surface area (Å²) in [5.74, 6) is 1.09. The molecule has 0 aliphatic rings. The predicted molar refractivity (Wildman–Crippen MR) is 81.3 cm³/mol. The normalized spacial score (nSPS) is 10.7. The molecule has 112 valence electrons. The molecular formula is C15H21N5O. The van der Waals surface area contributed by atoms with Crippen LogP contribution in [0.15, 0.2) is 12.1 Å². The molecule has 0 saturated carbocycles. The molecule has 0 atom stereocenters. The molecule has 0 radical (unpaired) electrons. The van der Waals surface area contributed by atoms with E-state index >= 15 is 0 Å². The molecule has 0 aromatic carbocycles. The summed E-state index contributed by atoms with van der Waals surface area (Å²) in [6.07, 6.45) is 0.931. The summed E-state index contributed by atoms with van der Waals surface area (Å²) >= 11 is 0. The summed E-state index contributed by atoms with van der Waals surface area (Å²) in [5.41, 5.74) is 3.84. The standard InChI is InChI=1S/C15H21N5O/c1-5-16-9-8-12-10(2)17-15(18-11(12)3)13-6-7-14(21-4)20-19-13/h6-7,16H,5,8-9H2,1-4H3. The highest BCUT2D eigenvalue weighted by Gasteiger charge is 2.11. The minimum atomic E-state index is 0.481. The number of hydrogen-bond donors (Lipinski definition) is 1. The molecule has 0 aliphatic carbocycles. The molecule has 2 aromatic heterocycles. The van der Waals surface area contributed by atoms with Crippen LogP contribution in [0.3, 0.4) is 0 Å². The summed E-state index contributed by atoms with van der Waals surface area (Å²) in [4.78, 5) is 9.11. The third-order valence-electron chi connectivity index (χ3n) is 3.30. The van der Waals surface area contributed by atoms with Gasteiger partial charge in [0.2, 0.25) is 5.88 Å². The van der Waals surface area contributed by atoms with Gasteiger partial charge in [0.1, 0.15) is 5.69 Å². The van der Waals surface area contributed by atoms with Crippen LogP contribution in [0.25, 0.3) is 11.5 Å². The van der Waals surface area contributed by atoms with Crippen molar-refractivity contribution in [1.82, 2.24) is 25.5 Å². The van der Waals surface area contributed by atoms with Crippen LogP contribution in [0.4, 0.5) is 0 Å². The topological polar surface area (TPSA) is 72.8 Å². The number of rotatable bonds is 6. The number of methoxy groups -OCH3 is 1. The number of hydrogen-bond acceptors (Lipinski definition) is 6. The van der Waals surface area contributed by atoms with Gasteiger partial charge in [0.15, 0.2) is 5.82 Å². The number of likely N-dealkylation sites (N-methyl/N-ethyl adjacent to an activating group) is 1. The number of nitrogens with zero attached hydrogens (tertiary/aromatic N) is 4. The first kappa shape index (κ1) is 15.3. The van der Waals surface area contributed by atoms with Crippen LogP contribution >= 0.6 is 0 Å². The molecule has 6 nitrogen and oxygen atoms in total. The molecule has 0 spiro atoms. The highest BCUT2D eigenvalue weighted by Crippen LogP contribution is 2.18. The molecule has 2 aromatic rings. The second kappa shape index (κ2) is 7.08. The Morgan fingerprint density at radius 2 is 1.81 bits per heavy atom. The Balaban J connectivity index is 2.25. The van der Waals surface area contributed by atoms with E-state index in [0.29, 0.717) is 17.4 Å². The van der Waals surface area contributed by atoms with Crippen LogP contribution in [0, 0.1) is 13.8 Å². The quantitative estimate of drug-likeness (QED) is 0.815. The fourth-order valence-electron chi connectivity index (χ4n) is 2.15. The molecule has 1 N–H and O–H groups in total. The van der Waals surface area contributed by atoms with Gasteiger partial charge in [-0.15, -0.1) is 10.2 Å². The zero-order valence-corrected chi connectivity index (χ0v) is 13.0. The van der Waals surface area contributed by atoms with E-state index in [1.54, 1.807) is 13.2 Å². The van der Waals surface area contributed by atoms with Crippen molar-refractivity contribution >= 4 is 0 Å². The van der Waals surface area contributed by atoms with Crippen LogP contribution < -0.4 is 10.1 Å². The Morgan fingerprint density at radius 3 is 2.33 bits per heavy atom. The van der Waals surface area contributed by atoms with E-state index in [0.717, 1.165) is 30.9 Å². The Bertz CT molecular complexity index is 575. The minimum absolute atomic E-state index is 0.481. The second-order valence-electron chi connectivity index (χ2n) is 4.76. The van der Waals surface area contributed by atoms with Crippen LogP contribution in [-0.4, -0.2) is 40.4 Å². The van der Waals surface area contributed by atoms with Gasteiger partial charge in [-0.2, -0.15) is 0 Å². The van der Waals surface area contributed by atoms with Crippen LogP contribution in [0.5, 0.6) is 5.88 Å². The Hall–Kier alpha value is -2.08. The first-order chi connectivity index (χ1) is 10.2. The Labute approximate surface area is 125 Å². The zero-order chi connectivity index (χ0) is 15.2. The lowest BCUT2D eigenvalue weighted by Crippen LogP contribution is -2.18. The van der Waals surface area contributed by atoms with E-state index < -0.39 is 0 Å². The largest absolute Gasteiger partial charge is 0.480 e. The van der Waals surface area contributed by atoms with Crippen molar-refractivity contribution in [3.63, 3.8) is 0 Å². The molecule has 0 amide bonds. The summed E-state index contributed by atoms with van der Waals surface area (Å²) in [6, 6.07) is 3.58. The first-order valence-electron chi connectivity index (χ1n) is 7.08. The number of aryl methyl sites for hydroxylation is 2. The van der Waals surface area contributed by atoms with Crippen molar-refractivity contribution in [2.45, 2.75) is 27.2 Å². The summed E-state index contributed by atoms with van der Waals surface area (Å²) in [6.45, 7) is 8.02.